The number of hydrazone groups is 1. The van der Waals surface area contributed by atoms with E-state index in [1.165, 1.54) is 6.21 Å². The Morgan fingerprint density at radius 3 is 2.19 bits per heavy atom. The molecule has 8 heteroatoms. The maximum Gasteiger partial charge on any atom is 0.329 e. The number of rotatable bonds is 7. The Kier molecular flexibility index (Phi) is 8.57. The fourth-order valence-corrected chi connectivity index (χ4v) is 3.63. The summed E-state index contributed by atoms with van der Waals surface area (Å²) < 4.78 is 5.68. The van der Waals surface area contributed by atoms with Crippen LogP contribution in [0, 0.1) is 34.6 Å². The standard InChI is InChI=1S/C28H30N4O4/c1-17-12-20(4)26(21(5)13-17)31-25(33)16-36-24-9-7-6-8-22(24)15-29-32-28(35)27(34)30-23-11-10-18(2)19(3)14-23/h6-15H,16H2,1-5H3,(H,30,34)(H,31,33)(H,32,35)/b29-15+. The molecule has 0 fully saturated rings. The highest BCUT2D eigenvalue weighted by Gasteiger charge is 2.14. The van der Waals surface area contributed by atoms with Crippen molar-refractivity contribution in [3.63, 3.8) is 0 Å². The predicted molar refractivity (Wildman–Crippen MR) is 142 cm³/mol. The van der Waals surface area contributed by atoms with E-state index in [0.717, 1.165) is 33.5 Å². The van der Waals surface area contributed by atoms with Crippen LogP contribution < -0.4 is 20.8 Å². The quantitative estimate of drug-likeness (QED) is 0.262. The molecule has 0 unspecified atom stereocenters. The summed E-state index contributed by atoms with van der Waals surface area (Å²) in [7, 11) is 0. The largest absolute Gasteiger partial charge is 0.483 e. The van der Waals surface area contributed by atoms with Gasteiger partial charge in [-0.3, -0.25) is 14.4 Å². The minimum Gasteiger partial charge on any atom is -0.483 e. The maximum absolute atomic E-state index is 12.5. The van der Waals surface area contributed by atoms with Crippen LogP contribution in [0.2, 0.25) is 0 Å². The summed E-state index contributed by atoms with van der Waals surface area (Å²) in [5.74, 6) is -1.64. The highest BCUT2D eigenvalue weighted by Crippen LogP contribution is 2.22. The molecule has 186 valence electrons. The van der Waals surface area contributed by atoms with Crippen LogP contribution in [0.4, 0.5) is 11.4 Å². The lowest BCUT2D eigenvalue weighted by atomic mass is 10.1. The predicted octanol–water partition coefficient (Wildman–Crippen LogP) is 4.34. The fraction of sp³-hybridized carbons (Fsp3) is 0.214. The molecule has 0 aliphatic carbocycles. The van der Waals surface area contributed by atoms with Crippen LogP contribution in [-0.2, 0) is 14.4 Å². The Labute approximate surface area is 210 Å². The summed E-state index contributed by atoms with van der Waals surface area (Å²) in [5, 5.41) is 9.29. The van der Waals surface area contributed by atoms with E-state index in [2.05, 4.69) is 21.2 Å². The monoisotopic (exact) mass is 486 g/mol. The van der Waals surface area contributed by atoms with Crippen molar-refractivity contribution in [2.24, 2.45) is 5.10 Å². The third-order valence-corrected chi connectivity index (χ3v) is 5.56. The van der Waals surface area contributed by atoms with Crippen LogP contribution >= 0.6 is 0 Å². The highest BCUT2D eigenvalue weighted by atomic mass is 16.5. The number of carbonyl (C=O) groups is 3. The first-order valence-electron chi connectivity index (χ1n) is 11.4. The molecule has 0 spiro atoms. The number of hydrogen-bond acceptors (Lipinski definition) is 5. The van der Waals surface area contributed by atoms with E-state index in [-0.39, 0.29) is 12.5 Å². The Morgan fingerprint density at radius 2 is 1.50 bits per heavy atom. The molecule has 3 aromatic rings. The number of nitrogens with one attached hydrogen (secondary N) is 3. The minimum absolute atomic E-state index is 0.206. The Hall–Kier alpha value is -4.46. The second kappa shape index (κ2) is 11.8. The van der Waals surface area contributed by atoms with Gasteiger partial charge in [0.1, 0.15) is 5.75 Å². The molecule has 36 heavy (non-hydrogen) atoms. The van der Waals surface area contributed by atoms with Gasteiger partial charge in [-0.2, -0.15) is 5.10 Å². The third kappa shape index (κ3) is 7.02. The van der Waals surface area contributed by atoms with Crippen LogP contribution in [0.25, 0.3) is 0 Å². The number of hydrogen-bond donors (Lipinski definition) is 3. The first kappa shape index (κ1) is 26.2. The molecule has 0 bridgehead atoms. The zero-order valence-corrected chi connectivity index (χ0v) is 21.1. The Morgan fingerprint density at radius 1 is 0.806 bits per heavy atom. The van der Waals surface area contributed by atoms with Crippen LogP contribution in [0.1, 0.15) is 33.4 Å². The van der Waals surface area contributed by atoms with Gasteiger partial charge in [-0.05, 0) is 81.1 Å². The number of amides is 3. The topological polar surface area (TPSA) is 109 Å². The van der Waals surface area contributed by atoms with E-state index in [4.69, 9.17) is 4.74 Å². The molecular formula is C28H30N4O4. The number of nitrogens with zero attached hydrogens (tertiary/aromatic N) is 1. The SMILES string of the molecule is Cc1cc(C)c(NC(=O)COc2ccccc2/C=N/NC(=O)C(=O)Nc2ccc(C)c(C)c2)c(C)c1. The highest BCUT2D eigenvalue weighted by molar-refractivity contribution is 6.39. The average molecular weight is 487 g/mol. The number of carbonyl (C=O) groups excluding carboxylic acids is 3. The average Bonchev–Trinajstić information content (AvgIpc) is 2.83. The molecule has 0 aliphatic rings. The van der Waals surface area contributed by atoms with Crippen LogP contribution in [0.15, 0.2) is 59.7 Å². The van der Waals surface area contributed by atoms with E-state index < -0.39 is 11.8 Å². The third-order valence-electron chi connectivity index (χ3n) is 5.56. The maximum atomic E-state index is 12.5. The lowest BCUT2D eigenvalue weighted by Gasteiger charge is -2.14. The number of ether oxygens (including phenoxy) is 1. The van der Waals surface area contributed by atoms with E-state index in [1.807, 2.05) is 52.8 Å². The zero-order chi connectivity index (χ0) is 26.2. The fourth-order valence-electron chi connectivity index (χ4n) is 3.63. The van der Waals surface area contributed by atoms with Gasteiger partial charge in [-0.15, -0.1) is 0 Å². The summed E-state index contributed by atoms with van der Waals surface area (Å²) in [5.41, 5.74) is 9.19. The molecule has 0 aromatic heterocycles. The van der Waals surface area contributed by atoms with Crippen LogP contribution in [-0.4, -0.2) is 30.5 Å². The molecule has 0 heterocycles. The number of anilines is 2. The van der Waals surface area contributed by atoms with E-state index in [1.54, 1.807) is 36.4 Å². The Bertz CT molecular complexity index is 1310. The molecule has 3 rings (SSSR count). The number of aryl methyl sites for hydroxylation is 5. The first-order valence-corrected chi connectivity index (χ1v) is 11.4. The molecule has 0 radical (unpaired) electrons. The summed E-state index contributed by atoms with van der Waals surface area (Å²) in [6, 6.07) is 16.3. The van der Waals surface area contributed by atoms with Crippen molar-refractivity contribution < 1.29 is 19.1 Å². The van der Waals surface area contributed by atoms with Crippen molar-refractivity contribution in [3.05, 3.63) is 88.0 Å². The van der Waals surface area contributed by atoms with Gasteiger partial charge in [0.25, 0.3) is 5.91 Å². The molecule has 0 saturated carbocycles. The van der Waals surface area contributed by atoms with Gasteiger partial charge < -0.3 is 15.4 Å². The van der Waals surface area contributed by atoms with Crippen LogP contribution in [0.5, 0.6) is 5.75 Å². The molecule has 3 N–H and O–H groups in total. The van der Waals surface area contributed by atoms with Crippen LogP contribution in [0.3, 0.4) is 0 Å². The minimum atomic E-state index is -0.911. The molecule has 0 saturated heterocycles. The zero-order valence-electron chi connectivity index (χ0n) is 21.1. The van der Waals surface area contributed by atoms with Crippen molar-refractivity contribution >= 4 is 35.3 Å². The second-order valence-electron chi connectivity index (χ2n) is 8.60. The van der Waals surface area contributed by atoms with Gasteiger partial charge in [-0.25, -0.2) is 5.43 Å². The normalized spacial score (nSPS) is 10.7. The molecular weight excluding hydrogens is 456 g/mol. The van der Waals surface area contributed by atoms with Gasteiger partial charge in [0, 0.05) is 16.9 Å². The van der Waals surface area contributed by atoms with E-state index in [9.17, 15) is 14.4 Å². The first-order chi connectivity index (χ1) is 17.1. The summed E-state index contributed by atoms with van der Waals surface area (Å²) >= 11 is 0. The molecule has 3 amide bonds. The second-order valence-corrected chi connectivity index (χ2v) is 8.60. The van der Waals surface area contributed by atoms with Crippen molar-refractivity contribution in [1.82, 2.24) is 5.43 Å². The van der Waals surface area contributed by atoms with E-state index in [0.29, 0.717) is 17.0 Å². The number of para-hydroxylation sites is 1. The van der Waals surface area contributed by atoms with Gasteiger partial charge in [0.15, 0.2) is 6.61 Å². The summed E-state index contributed by atoms with van der Waals surface area (Å²) in [6.45, 7) is 9.57. The van der Waals surface area contributed by atoms with Crippen molar-refractivity contribution in [2.75, 3.05) is 17.2 Å². The summed E-state index contributed by atoms with van der Waals surface area (Å²) in [6.07, 6.45) is 1.35. The summed E-state index contributed by atoms with van der Waals surface area (Å²) in [4.78, 5) is 36.7. The van der Waals surface area contributed by atoms with Gasteiger partial charge >= 0.3 is 11.8 Å². The van der Waals surface area contributed by atoms with Crippen molar-refractivity contribution in [1.29, 1.82) is 0 Å². The lowest BCUT2D eigenvalue weighted by Crippen LogP contribution is -2.32. The van der Waals surface area contributed by atoms with Gasteiger partial charge in [0.05, 0.1) is 6.21 Å². The smallest absolute Gasteiger partial charge is 0.329 e. The Balaban J connectivity index is 1.56. The number of benzene rings is 3. The lowest BCUT2D eigenvalue weighted by molar-refractivity contribution is -0.136. The molecule has 0 aliphatic heterocycles. The molecule has 0 atom stereocenters. The molecule has 8 nitrogen and oxygen atoms in total. The molecule has 3 aromatic carbocycles. The van der Waals surface area contributed by atoms with Crippen molar-refractivity contribution in [3.8, 4) is 5.75 Å². The van der Waals surface area contributed by atoms with E-state index >= 15 is 0 Å². The van der Waals surface area contributed by atoms with Gasteiger partial charge in [-0.1, -0.05) is 35.9 Å². The van der Waals surface area contributed by atoms with Gasteiger partial charge in [0.2, 0.25) is 0 Å². The van der Waals surface area contributed by atoms with Crippen molar-refractivity contribution in [2.45, 2.75) is 34.6 Å².